The third-order valence-corrected chi connectivity index (χ3v) is 5.15. The molecule has 1 fully saturated rings. The first-order chi connectivity index (χ1) is 14.7. The number of benzene rings is 2. The average molecular weight is 450 g/mol. The Kier molecular flexibility index (Phi) is 6.35. The van der Waals surface area contributed by atoms with Crippen molar-refractivity contribution in [1.29, 1.82) is 0 Å². The van der Waals surface area contributed by atoms with Gasteiger partial charge in [-0.25, -0.2) is 9.18 Å². The van der Waals surface area contributed by atoms with E-state index >= 15 is 0 Å². The topological polar surface area (TPSA) is 97.0 Å². The molecular weight excluding hydrogens is 429 g/mol. The van der Waals surface area contributed by atoms with Gasteiger partial charge in [-0.3, -0.25) is 14.5 Å². The second kappa shape index (κ2) is 8.81. The van der Waals surface area contributed by atoms with Crippen molar-refractivity contribution in [2.24, 2.45) is 0 Å². The minimum absolute atomic E-state index is 0.157. The number of anilines is 1. The number of amides is 4. The lowest BCUT2D eigenvalue weighted by Gasteiger charge is -2.22. The van der Waals surface area contributed by atoms with Gasteiger partial charge in [0.1, 0.15) is 17.9 Å². The van der Waals surface area contributed by atoms with E-state index < -0.39 is 35.7 Å². The number of carbonyl (C=O) groups excluding carboxylic acids is 3. The highest BCUT2D eigenvalue weighted by Crippen LogP contribution is 2.30. The molecule has 0 aliphatic carbocycles. The van der Waals surface area contributed by atoms with Crippen LogP contribution < -0.4 is 20.1 Å². The first-order valence-corrected chi connectivity index (χ1v) is 9.64. The smallest absolute Gasteiger partial charge is 0.325 e. The van der Waals surface area contributed by atoms with Gasteiger partial charge < -0.3 is 20.1 Å². The van der Waals surface area contributed by atoms with Crippen molar-refractivity contribution in [3.05, 3.63) is 52.8 Å². The van der Waals surface area contributed by atoms with Gasteiger partial charge in [-0.2, -0.15) is 0 Å². The summed E-state index contributed by atoms with van der Waals surface area (Å²) in [5.74, 6) is -0.757. The normalized spacial score (nSPS) is 18.0. The molecule has 1 aliphatic rings. The highest BCUT2D eigenvalue weighted by Gasteiger charge is 2.48. The van der Waals surface area contributed by atoms with Gasteiger partial charge in [0.15, 0.2) is 11.5 Å². The van der Waals surface area contributed by atoms with Crippen LogP contribution in [0.25, 0.3) is 0 Å². The summed E-state index contributed by atoms with van der Waals surface area (Å²) < 4.78 is 23.7. The van der Waals surface area contributed by atoms with Gasteiger partial charge in [-0.1, -0.05) is 17.7 Å². The molecule has 4 amide bonds. The molecular formula is C21H21ClFN3O5. The zero-order valence-corrected chi connectivity index (χ0v) is 17.9. The molecule has 31 heavy (non-hydrogen) atoms. The first kappa shape index (κ1) is 22.4. The lowest BCUT2D eigenvalue weighted by Crippen LogP contribution is -2.46. The van der Waals surface area contributed by atoms with E-state index in [4.69, 9.17) is 21.1 Å². The lowest BCUT2D eigenvalue weighted by molar-refractivity contribution is -0.133. The van der Waals surface area contributed by atoms with Crippen molar-refractivity contribution in [1.82, 2.24) is 10.2 Å². The van der Waals surface area contributed by atoms with E-state index in [1.165, 1.54) is 26.4 Å². The van der Waals surface area contributed by atoms with E-state index in [1.54, 1.807) is 25.1 Å². The Morgan fingerprint density at radius 3 is 2.52 bits per heavy atom. The van der Waals surface area contributed by atoms with Gasteiger partial charge in [0.25, 0.3) is 5.91 Å². The number of methoxy groups -OCH3 is 2. The molecule has 2 N–H and O–H groups in total. The van der Waals surface area contributed by atoms with Crippen LogP contribution in [-0.4, -0.2) is 49.0 Å². The molecule has 1 atom stereocenters. The van der Waals surface area contributed by atoms with Crippen LogP contribution in [0.1, 0.15) is 12.5 Å². The Balaban J connectivity index is 1.70. The molecule has 3 rings (SSSR count). The Morgan fingerprint density at radius 2 is 1.87 bits per heavy atom. The fourth-order valence-electron chi connectivity index (χ4n) is 3.33. The fraction of sp³-hybridized carbons (Fsp3) is 0.286. The zero-order valence-electron chi connectivity index (χ0n) is 17.1. The number of hydrogen-bond donors (Lipinski definition) is 2. The maximum Gasteiger partial charge on any atom is 0.325 e. The van der Waals surface area contributed by atoms with E-state index in [1.807, 2.05) is 0 Å². The number of nitrogens with zero attached hydrogens (tertiary/aromatic N) is 1. The molecule has 0 saturated carbocycles. The van der Waals surface area contributed by atoms with Crippen molar-refractivity contribution in [2.75, 3.05) is 26.1 Å². The quantitative estimate of drug-likeness (QED) is 0.633. The van der Waals surface area contributed by atoms with Crippen LogP contribution in [-0.2, 0) is 16.0 Å². The number of carbonyl (C=O) groups is 3. The van der Waals surface area contributed by atoms with E-state index in [0.717, 1.165) is 16.5 Å². The summed E-state index contributed by atoms with van der Waals surface area (Å²) in [6.07, 6.45) is 0.184. The average Bonchev–Trinajstić information content (AvgIpc) is 2.93. The Bertz CT molecular complexity index is 1050. The maximum atomic E-state index is 13.3. The summed E-state index contributed by atoms with van der Waals surface area (Å²) in [7, 11) is 3.02. The number of hydrogen-bond acceptors (Lipinski definition) is 5. The molecule has 8 nitrogen and oxygen atoms in total. The van der Waals surface area contributed by atoms with Crippen LogP contribution in [0.5, 0.6) is 11.5 Å². The van der Waals surface area contributed by atoms with E-state index in [-0.39, 0.29) is 17.1 Å². The number of ether oxygens (including phenoxy) is 2. The summed E-state index contributed by atoms with van der Waals surface area (Å²) >= 11 is 5.70. The summed E-state index contributed by atoms with van der Waals surface area (Å²) in [6, 6.07) is 8.18. The molecule has 10 heteroatoms. The Morgan fingerprint density at radius 1 is 1.16 bits per heavy atom. The van der Waals surface area contributed by atoms with Gasteiger partial charge >= 0.3 is 6.03 Å². The number of urea groups is 1. The Hall–Kier alpha value is -3.33. The van der Waals surface area contributed by atoms with Crippen molar-refractivity contribution in [2.45, 2.75) is 18.9 Å². The molecule has 0 bridgehead atoms. The number of halogens is 2. The molecule has 164 valence electrons. The summed E-state index contributed by atoms with van der Waals surface area (Å²) in [4.78, 5) is 38.5. The number of nitrogens with one attached hydrogen (secondary N) is 2. The number of rotatable bonds is 7. The van der Waals surface area contributed by atoms with Crippen molar-refractivity contribution < 1.29 is 28.2 Å². The highest BCUT2D eigenvalue weighted by molar-refractivity contribution is 6.31. The first-order valence-electron chi connectivity index (χ1n) is 9.27. The largest absolute Gasteiger partial charge is 0.493 e. The molecule has 1 aliphatic heterocycles. The van der Waals surface area contributed by atoms with Crippen molar-refractivity contribution in [3.8, 4) is 11.5 Å². The molecule has 2 aromatic carbocycles. The molecule has 0 aromatic heterocycles. The van der Waals surface area contributed by atoms with E-state index in [2.05, 4.69) is 10.6 Å². The standard InChI is InChI=1S/C21H21ClFN3O5/c1-21(10-12-4-7-16(30-2)17(8-12)31-3)19(28)26(20(29)25-21)11-18(27)24-13-5-6-15(23)14(22)9-13/h4-9H,10-11H2,1-3H3,(H,24,27)(H,25,29). The van der Waals surface area contributed by atoms with Gasteiger partial charge in [0.2, 0.25) is 5.91 Å². The SMILES string of the molecule is COc1ccc(CC2(C)NC(=O)N(CC(=O)Nc3ccc(F)c(Cl)c3)C2=O)cc1OC. The van der Waals surface area contributed by atoms with Crippen LogP contribution in [0.15, 0.2) is 36.4 Å². The van der Waals surface area contributed by atoms with E-state index in [0.29, 0.717) is 11.5 Å². The fourth-order valence-corrected chi connectivity index (χ4v) is 3.51. The third-order valence-electron chi connectivity index (χ3n) is 4.86. The predicted molar refractivity (Wildman–Crippen MR) is 112 cm³/mol. The van der Waals surface area contributed by atoms with Crippen molar-refractivity contribution in [3.63, 3.8) is 0 Å². The monoisotopic (exact) mass is 449 g/mol. The minimum Gasteiger partial charge on any atom is -0.493 e. The minimum atomic E-state index is -1.24. The van der Waals surface area contributed by atoms with Gasteiger partial charge in [-0.15, -0.1) is 0 Å². The predicted octanol–water partition coefficient (Wildman–Crippen LogP) is 2.99. The van der Waals surface area contributed by atoms with Crippen LogP contribution in [0, 0.1) is 5.82 Å². The van der Waals surface area contributed by atoms with Gasteiger partial charge in [0, 0.05) is 12.1 Å². The summed E-state index contributed by atoms with van der Waals surface area (Å²) in [5.41, 5.74) is -0.256. The van der Waals surface area contributed by atoms with Crippen LogP contribution in [0.2, 0.25) is 5.02 Å². The lowest BCUT2D eigenvalue weighted by atomic mass is 9.92. The summed E-state index contributed by atoms with van der Waals surface area (Å²) in [5, 5.41) is 4.98. The third kappa shape index (κ3) is 4.72. The molecule has 1 saturated heterocycles. The van der Waals surface area contributed by atoms with Crippen LogP contribution in [0.4, 0.5) is 14.9 Å². The second-order valence-corrected chi connectivity index (χ2v) is 7.60. The molecule has 2 aromatic rings. The zero-order chi connectivity index (χ0) is 22.8. The second-order valence-electron chi connectivity index (χ2n) is 7.20. The maximum absolute atomic E-state index is 13.3. The molecule has 0 spiro atoms. The van der Waals surface area contributed by atoms with E-state index in [9.17, 15) is 18.8 Å². The highest BCUT2D eigenvalue weighted by atomic mass is 35.5. The number of imide groups is 1. The molecule has 1 unspecified atom stereocenters. The van der Waals surface area contributed by atoms with Crippen molar-refractivity contribution >= 4 is 35.1 Å². The summed E-state index contributed by atoms with van der Waals surface area (Å²) in [6.45, 7) is 1.09. The van der Waals surface area contributed by atoms with Crippen LogP contribution in [0.3, 0.4) is 0 Å². The molecule has 0 radical (unpaired) electrons. The van der Waals surface area contributed by atoms with Gasteiger partial charge in [0.05, 0.1) is 19.2 Å². The Labute approximate surface area is 183 Å². The molecule has 1 heterocycles. The van der Waals surface area contributed by atoms with Crippen LogP contribution >= 0.6 is 11.6 Å². The van der Waals surface area contributed by atoms with Gasteiger partial charge in [-0.05, 0) is 42.8 Å².